The maximum absolute atomic E-state index is 6.36. The molecular formula is C21H23BrCl2N2O. The van der Waals surface area contributed by atoms with Crippen LogP contribution in [0, 0.1) is 0 Å². The molecule has 0 aliphatic carbocycles. The molecule has 2 aliphatic rings. The van der Waals surface area contributed by atoms with E-state index in [2.05, 4.69) is 43.9 Å². The van der Waals surface area contributed by atoms with E-state index in [1.165, 1.54) is 11.1 Å². The van der Waals surface area contributed by atoms with E-state index < -0.39 is 0 Å². The van der Waals surface area contributed by atoms with Crippen LogP contribution in [0.1, 0.15) is 23.7 Å². The molecule has 0 radical (unpaired) electrons. The molecule has 0 saturated carbocycles. The van der Waals surface area contributed by atoms with Crippen molar-refractivity contribution in [2.75, 3.05) is 44.2 Å². The normalized spacial score (nSPS) is 20.6. The van der Waals surface area contributed by atoms with Crippen LogP contribution in [0.25, 0.3) is 0 Å². The van der Waals surface area contributed by atoms with Crippen molar-refractivity contribution >= 4 is 44.8 Å². The first-order chi connectivity index (χ1) is 13.1. The number of nitrogens with zero attached hydrogens (tertiary/aromatic N) is 2. The second kappa shape index (κ2) is 8.71. The Balaban J connectivity index is 1.32. The number of rotatable bonds is 4. The minimum absolute atomic E-state index is 0.214. The second-order valence-corrected chi connectivity index (χ2v) is 8.92. The average molecular weight is 470 g/mol. The molecule has 0 bridgehead atoms. The lowest BCUT2D eigenvalue weighted by molar-refractivity contribution is 0.0289. The van der Waals surface area contributed by atoms with Crippen LogP contribution in [-0.2, 0) is 11.2 Å². The summed E-state index contributed by atoms with van der Waals surface area (Å²) in [7, 11) is 0. The maximum atomic E-state index is 6.36. The zero-order valence-corrected chi connectivity index (χ0v) is 18.2. The third-order valence-electron chi connectivity index (χ3n) is 5.47. The first kappa shape index (κ1) is 19.5. The van der Waals surface area contributed by atoms with Gasteiger partial charge in [0.2, 0.25) is 0 Å². The molecule has 2 heterocycles. The fourth-order valence-corrected chi connectivity index (χ4v) is 4.93. The van der Waals surface area contributed by atoms with E-state index in [0.717, 1.165) is 67.4 Å². The van der Waals surface area contributed by atoms with Crippen molar-refractivity contribution < 1.29 is 4.74 Å². The van der Waals surface area contributed by atoms with Gasteiger partial charge in [-0.2, -0.15) is 0 Å². The molecule has 0 aromatic heterocycles. The van der Waals surface area contributed by atoms with Gasteiger partial charge in [0.25, 0.3) is 0 Å². The molecule has 4 rings (SSSR count). The summed E-state index contributed by atoms with van der Waals surface area (Å²) in [6, 6.07) is 12.3. The number of halogens is 3. The topological polar surface area (TPSA) is 15.7 Å². The number of ether oxygens (including phenoxy) is 1. The highest BCUT2D eigenvalue weighted by molar-refractivity contribution is 9.10. The van der Waals surface area contributed by atoms with Gasteiger partial charge in [0.05, 0.1) is 23.4 Å². The molecule has 1 fully saturated rings. The van der Waals surface area contributed by atoms with Gasteiger partial charge in [0, 0.05) is 42.2 Å². The van der Waals surface area contributed by atoms with E-state index in [0.29, 0.717) is 5.02 Å². The number of anilines is 1. The van der Waals surface area contributed by atoms with Crippen LogP contribution in [-0.4, -0.2) is 44.2 Å². The Morgan fingerprint density at radius 2 is 1.85 bits per heavy atom. The number of fused-ring (bicyclic) bond motifs is 1. The first-order valence-electron chi connectivity index (χ1n) is 9.42. The number of hydrogen-bond donors (Lipinski definition) is 0. The standard InChI is InChI=1S/C21H23BrCl2N2O/c22-16-1-3-18-15(13-16)6-12-27-21(18)5-7-25-8-10-26(11-9-25)20-4-2-17(23)14-19(20)24/h1-4,13-14,21H,5-12H2. The van der Waals surface area contributed by atoms with E-state index in [4.69, 9.17) is 27.9 Å². The highest BCUT2D eigenvalue weighted by atomic mass is 79.9. The molecule has 2 aliphatic heterocycles. The van der Waals surface area contributed by atoms with Gasteiger partial charge in [0.15, 0.2) is 0 Å². The van der Waals surface area contributed by atoms with Crippen molar-refractivity contribution in [2.24, 2.45) is 0 Å². The fourth-order valence-electron chi connectivity index (χ4n) is 3.99. The smallest absolute Gasteiger partial charge is 0.0839 e. The Morgan fingerprint density at radius 3 is 2.63 bits per heavy atom. The molecule has 0 amide bonds. The van der Waals surface area contributed by atoms with Crippen molar-refractivity contribution in [3.8, 4) is 0 Å². The van der Waals surface area contributed by atoms with Crippen LogP contribution in [0.5, 0.6) is 0 Å². The number of piperazine rings is 1. The van der Waals surface area contributed by atoms with Crippen LogP contribution >= 0.6 is 39.1 Å². The third-order valence-corrected chi connectivity index (χ3v) is 6.50. The van der Waals surface area contributed by atoms with Crippen molar-refractivity contribution in [1.29, 1.82) is 0 Å². The van der Waals surface area contributed by atoms with Crippen LogP contribution < -0.4 is 4.90 Å². The summed E-state index contributed by atoms with van der Waals surface area (Å²) in [5.74, 6) is 0. The van der Waals surface area contributed by atoms with Gasteiger partial charge in [-0.25, -0.2) is 0 Å². The molecule has 1 unspecified atom stereocenters. The Kier molecular flexibility index (Phi) is 6.30. The van der Waals surface area contributed by atoms with Gasteiger partial charge in [-0.3, -0.25) is 4.90 Å². The van der Waals surface area contributed by atoms with Gasteiger partial charge < -0.3 is 9.64 Å². The Hall–Kier alpha value is -0.780. The first-order valence-corrected chi connectivity index (χ1v) is 11.0. The van der Waals surface area contributed by atoms with Crippen LogP contribution in [0.15, 0.2) is 40.9 Å². The molecular weight excluding hydrogens is 447 g/mol. The largest absolute Gasteiger partial charge is 0.373 e. The van der Waals surface area contributed by atoms with E-state index >= 15 is 0 Å². The summed E-state index contributed by atoms with van der Waals surface area (Å²) >= 11 is 15.9. The molecule has 0 spiro atoms. The molecule has 1 saturated heterocycles. The molecule has 0 N–H and O–H groups in total. The minimum Gasteiger partial charge on any atom is -0.373 e. The molecule has 27 heavy (non-hydrogen) atoms. The second-order valence-electron chi connectivity index (χ2n) is 7.17. The zero-order chi connectivity index (χ0) is 18.8. The van der Waals surface area contributed by atoms with Crippen molar-refractivity contribution in [2.45, 2.75) is 18.9 Å². The van der Waals surface area contributed by atoms with E-state index in [-0.39, 0.29) is 6.10 Å². The average Bonchev–Trinajstić information content (AvgIpc) is 2.66. The minimum atomic E-state index is 0.214. The fraction of sp³-hybridized carbons (Fsp3) is 0.429. The van der Waals surface area contributed by atoms with Crippen molar-refractivity contribution in [3.63, 3.8) is 0 Å². The van der Waals surface area contributed by atoms with Crippen molar-refractivity contribution in [3.05, 3.63) is 62.0 Å². The van der Waals surface area contributed by atoms with Gasteiger partial charge in [0.1, 0.15) is 0 Å². The highest BCUT2D eigenvalue weighted by Crippen LogP contribution is 2.32. The van der Waals surface area contributed by atoms with Crippen LogP contribution in [0.4, 0.5) is 5.69 Å². The Morgan fingerprint density at radius 1 is 1.04 bits per heavy atom. The molecule has 144 valence electrons. The molecule has 6 heteroatoms. The molecule has 2 aromatic carbocycles. The lowest BCUT2D eigenvalue weighted by atomic mass is 9.95. The summed E-state index contributed by atoms with van der Waals surface area (Å²) in [4.78, 5) is 4.87. The van der Waals surface area contributed by atoms with E-state index in [9.17, 15) is 0 Å². The number of hydrogen-bond acceptors (Lipinski definition) is 3. The van der Waals surface area contributed by atoms with Crippen LogP contribution in [0.3, 0.4) is 0 Å². The van der Waals surface area contributed by atoms with Gasteiger partial charge in [-0.05, 0) is 54.3 Å². The summed E-state index contributed by atoms with van der Waals surface area (Å²) in [6.07, 6.45) is 2.26. The van der Waals surface area contributed by atoms with Gasteiger partial charge >= 0.3 is 0 Å². The lowest BCUT2D eigenvalue weighted by Gasteiger charge is -2.37. The van der Waals surface area contributed by atoms with E-state index in [1.54, 1.807) is 0 Å². The molecule has 3 nitrogen and oxygen atoms in total. The Labute approximate surface area is 179 Å². The third kappa shape index (κ3) is 4.63. The maximum Gasteiger partial charge on any atom is 0.0839 e. The molecule has 1 atom stereocenters. The van der Waals surface area contributed by atoms with Gasteiger partial charge in [-0.15, -0.1) is 0 Å². The number of benzene rings is 2. The van der Waals surface area contributed by atoms with Crippen LogP contribution in [0.2, 0.25) is 10.0 Å². The summed E-state index contributed by atoms with van der Waals surface area (Å²) < 4.78 is 7.22. The van der Waals surface area contributed by atoms with E-state index in [1.807, 2.05) is 18.2 Å². The van der Waals surface area contributed by atoms with Gasteiger partial charge in [-0.1, -0.05) is 45.2 Å². The monoisotopic (exact) mass is 468 g/mol. The van der Waals surface area contributed by atoms with Crippen molar-refractivity contribution in [1.82, 2.24) is 4.90 Å². The summed E-state index contributed by atoms with van der Waals surface area (Å²) in [5, 5.41) is 1.41. The predicted molar refractivity (Wildman–Crippen MR) is 116 cm³/mol. The quantitative estimate of drug-likeness (QED) is 0.581. The lowest BCUT2D eigenvalue weighted by Crippen LogP contribution is -2.47. The highest BCUT2D eigenvalue weighted by Gasteiger charge is 2.24. The summed E-state index contributed by atoms with van der Waals surface area (Å²) in [6.45, 7) is 5.92. The Bertz CT molecular complexity index is 809. The SMILES string of the molecule is Clc1ccc(N2CCN(CCC3OCCc4cc(Br)ccc43)CC2)c(Cl)c1. The predicted octanol–water partition coefficient (Wildman–Crippen LogP) is 5.58. The molecule has 2 aromatic rings. The summed E-state index contributed by atoms with van der Waals surface area (Å²) in [5.41, 5.74) is 3.86. The zero-order valence-electron chi connectivity index (χ0n) is 15.1.